The molecule has 2 nitrogen and oxygen atoms in total. The van der Waals surface area contributed by atoms with E-state index in [0.717, 1.165) is 0 Å². The van der Waals surface area contributed by atoms with E-state index in [1.54, 1.807) is 0 Å². The van der Waals surface area contributed by atoms with Crippen LogP contribution in [-0.2, 0) is 10.2 Å². The topological polar surface area (TPSA) is 26.3 Å². The summed E-state index contributed by atoms with van der Waals surface area (Å²) < 4.78 is 5.20. The SMILES string of the molecule is C=C(CC)C(=O)Oc1ccc(C(C)(C)C)cc1. The summed E-state index contributed by atoms with van der Waals surface area (Å²) >= 11 is 0. The van der Waals surface area contributed by atoms with Crippen molar-refractivity contribution < 1.29 is 9.53 Å². The van der Waals surface area contributed by atoms with Crippen LogP contribution in [0.1, 0.15) is 39.7 Å². The van der Waals surface area contributed by atoms with E-state index in [9.17, 15) is 4.79 Å². The maximum Gasteiger partial charge on any atom is 0.338 e. The van der Waals surface area contributed by atoms with Crippen LogP contribution < -0.4 is 4.74 Å². The van der Waals surface area contributed by atoms with Gasteiger partial charge in [0.25, 0.3) is 0 Å². The first-order chi connectivity index (χ1) is 7.84. The van der Waals surface area contributed by atoms with Gasteiger partial charge in [0.05, 0.1) is 0 Å². The van der Waals surface area contributed by atoms with E-state index in [0.29, 0.717) is 17.7 Å². The van der Waals surface area contributed by atoms with Gasteiger partial charge in [-0.3, -0.25) is 0 Å². The minimum absolute atomic E-state index is 0.107. The lowest BCUT2D eigenvalue weighted by Gasteiger charge is -2.19. The lowest BCUT2D eigenvalue weighted by molar-refractivity contribution is -0.130. The molecule has 1 rings (SSSR count). The Morgan fingerprint density at radius 3 is 2.18 bits per heavy atom. The molecule has 0 radical (unpaired) electrons. The monoisotopic (exact) mass is 232 g/mol. The Morgan fingerprint density at radius 2 is 1.76 bits per heavy atom. The highest BCUT2D eigenvalue weighted by molar-refractivity contribution is 5.89. The maximum absolute atomic E-state index is 11.5. The molecule has 2 heteroatoms. The number of carbonyl (C=O) groups is 1. The normalized spacial score (nSPS) is 11.1. The molecule has 0 saturated heterocycles. The lowest BCUT2D eigenvalue weighted by Crippen LogP contribution is -2.12. The molecule has 0 heterocycles. The van der Waals surface area contributed by atoms with Crippen LogP contribution in [0, 0.1) is 0 Å². The van der Waals surface area contributed by atoms with E-state index in [1.807, 2.05) is 31.2 Å². The van der Waals surface area contributed by atoms with Crippen molar-refractivity contribution in [2.45, 2.75) is 39.5 Å². The number of ether oxygens (including phenoxy) is 1. The first-order valence-corrected chi connectivity index (χ1v) is 5.85. The molecular weight excluding hydrogens is 212 g/mol. The Balaban J connectivity index is 2.76. The predicted molar refractivity (Wildman–Crippen MR) is 70.2 cm³/mol. The molecule has 1 aromatic rings. The molecule has 0 aliphatic heterocycles. The highest BCUT2D eigenvalue weighted by Gasteiger charge is 2.14. The summed E-state index contributed by atoms with van der Waals surface area (Å²) in [5, 5.41) is 0. The van der Waals surface area contributed by atoms with Gasteiger partial charge in [-0.05, 0) is 29.5 Å². The molecule has 0 aliphatic rings. The van der Waals surface area contributed by atoms with Crippen molar-refractivity contribution in [1.82, 2.24) is 0 Å². The van der Waals surface area contributed by atoms with E-state index in [-0.39, 0.29) is 11.4 Å². The molecule has 0 bridgehead atoms. The van der Waals surface area contributed by atoms with Crippen LogP contribution in [0.2, 0.25) is 0 Å². The van der Waals surface area contributed by atoms with Gasteiger partial charge in [0.2, 0.25) is 0 Å². The Hall–Kier alpha value is -1.57. The largest absolute Gasteiger partial charge is 0.423 e. The van der Waals surface area contributed by atoms with Crippen molar-refractivity contribution in [3.05, 3.63) is 42.0 Å². The van der Waals surface area contributed by atoms with Crippen LogP contribution in [-0.4, -0.2) is 5.97 Å². The van der Waals surface area contributed by atoms with Crippen LogP contribution >= 0.6 is 0 Å². The van der Waals surface area contributed by atoms with Crippen molar-refractivity contribution in [2.75, 3.05) is 0 Å². The summed E-state index contributed by atoms with van der Waals surface area (Å²) in [6.45, 7) is 12.0. The second-order valence-electron chi connectivity index (χ2n) is 5.12. The van der Waals surface area contributed by atoms with Gasteiger partial charge in [-0.25, -0.2) is 4.79 Å². The first-order valence-electron chi connectivity index (χ1n) is 5.85. The molecule has 1 aromatic carbocycles. The van der Waals surface area contributed by atoms with Gasteiger partial charge in [0.15, 0.2) is 0 Å². The van der Waals surface area contributed by atoms with Crippen molar-refractivity contribution in [3.8, 4) is 5.75 Å². The van der Waals surface area contributed by atoms with Crippen molar-refractivity contribution in [2.24, 2.45) is 0 Å². The number of rotatable bonds is 3. The smallest absolute Gasteiger partial charge is 0.338 e. The van der Waals surface area contributed by atoms with Gasteiger partial charge in [-0.15, -0.1) is 0 Å². The maximum atomic E-state index is 11.5. The third-order valence-corrected chi connectivity index (χ3v) is 2.65. The number of carbonyl (C=O) groups excluding carboxylic acids is 1. The molecule has 0 atom stereocenters. The molecule has 17 heavy (non-hydrogen) atoms. The van der Waals surface area contributed by atoms with Crippen molar-refractivity contribution >= 4 is 5.97 Å². The van der Waals surface area contributed by atoms with E-state index in [1.165, 1.54) is 5.56 Å². The van der Waals surface area contributed by atoms with E-state index in [4.69, 9.17) is 4.74 Å². The summed E-state index contributed by atoms with van der Waals surface area (Å²) in [5.74, 6) is 0.216. The third kappa shape index (κ3) is 3.74. The molecule has 0 fully saturated rings. The zero-order valence-electron chi connectivity index (χ0n) is 11.0. The van der Waals surface area contributed by atoms with Gasteiger partial charge in [0, 0.05) is 5.57 Å². The Labute approximate surface area is 103 Å². The second-order valence-corrected chi connectivity index (χ2v) is 5.12. The zero-order valence-corrected chi connectivity index (χ0v) is 11.0. The average Bonchev–Trinajstić information content (AvgIpc) is 2.27. The Morgan fingerprint density at radius 1 is 1.24 bits per heavy atom. The van der Waals surface area contributed by atoms with E-state index < -0.39 is 0 Å². The molecule has 0 unspecified atom stereocenters. The quantitative estimate of drug-likeness (QED) is 0.449. The summed E-state index contributed by atoms with van der Waals surface area (Å²) in [4.78, 5) is 11.5. The summed E-state index contributed by atoms with van der Waals surface area (Å²) in [6.07, 6.45) is 0.610. The van der Waals surface area contributed by atoms with Crippen LogP contribution in [0.25, 0.3) is 0 Å². The minimum atomic E-state index is -0.351. The second kappa shape index (κ2) is 5.17. The Kier molecular flexibility index (Phi) is 4.11. The number of hydrogen-bond donors (Lipinski definition) is 0. The highest BCUT2D eigenvalue weighted by atomic mass is 16.5. The van der Waals surface area contributed by atoms with E-state index >= 15 is 0 Å². The molecule has 0 saturated carbocycles. The highest BCUT2D eigenvalue weighted by Crippen LogP contribution is 2.24. The Bertz CT molecular complexity index is 408. The minimum Gasteiger partial charge on any atom is -0.423 e. The van der Waals surface area contributed by atoms with Gasteiger partial charge < -0.3 is 4.74 Å². The molecule has 0 aromatic heterocycles. The van der Waals surface area contributed by atoms with Gasteiger partial charge in [-0.1, -0.05) is 46.4 Å². The lowest BCUT2D eigenvalue weighted by atomic mass is 9.87. The predicted octanol–water partition coefficient (Wildman–Crippen LogP) is 3.86. The molecule has 0 spiro atoms. The van der Waals surface area contributed by atoms with Crippen LogP contribution in [0.4, 0.5) is 0 Å². The number of esters is 1. The molecule has 0 aliphatic carbocycles. The van der Waals surface area contributed by atoms with Crippen molar-refractivity contribution in [3.63, 3.8) is 0 Å². The van der Waals surface area contributed by atoms with Crippen molar-refractivity contribution in [1.29, 1.82) is 0 Å². The fraction of sp³-hybridized carbons (Fsp3) is 0.400. The number of benzene rings is 1. The fourth-order valence-electron chi connectivity index (χ4n) is 1.35. The van der Waals surface area contributed by atoms with Crippen LogP contribution in [0.3, 0.4) is 0 Å². The zero-order chi connectivity index (χ0) is 13.1. The van der Waals surface area contributed by atoms with Gasteiger partial charge in [0.1, 0.15) is 5.75 Å². The molecule has 92 valence electrons. The molecular formula is C15H20O2. The summed E-state index contributed by atoms with van der Waals surface area (Å²) in [6, 6.07) is 7.61. The number of hydrogen-bond acceptors (Lipinski definition) is 2. The van der Waals surface area contributed by atoms with Gasteiger partial charge >= 0.3 is 5.97 Å². The standard InChI is InChI=1S/C15H20O2/c1-6-11(2)14(16)17-13-9-7-12(8-10-13)15(3,4)5/h7-10H,2,6H2,1,3-5H3. The van der Waals surface area contributed by atoms with Crippen LogP contribution in [0.15, 0.2) is 36.4 Å². The van der Waals surface area contributed by atoms with E-state index in [2.05, 4.69) is 27.4 Å². The van der Waals surface area contributed by atoms with Crippen LogP contribution in [0.5, 0.6) is 5.75 Å². The fourth-order valence-corrected chi connectivity index (χ4v) is 1.35. The molecule has 0 N–H and O–H groups in total. The third-order valence-electron chi connectivity index (χ3n) is 2.65. The summed E-state index contributed by atoms with van der Waals surface area (Å²) in [7, 11) is 0. The first kappa shape index (κ1) is 13.5. The molecule has 0 amide bonds. The van der Waals surface area contributed by atoms with Gasteiger partial charge in [-0.2, -0.15) is 0 Å². The average molecular weight is 232 g/mol. The summed E-state index contributed by atoms with van der Waals surface area (Å²) in [5.41, 5.74) is 1.81.